The van der Waals surface area contributed by atoms with Gasteiger partial charge in [-0.2, -0.15) is 26.3 Å². The molecule has 0 amide bonds. The number of aromatic nitrogens is 2. The van der Waals surface area contributed by atoms with Crippen LogP contribution in [0, 0.1) is 20.8 Å². The second-order valence-corrected chi connectivity index (χ2v) is 9.09. The van der Waals surface area contributed by atoms with Gasteiger partial charge < -0.3 is 9.88 Å². The fourth-order valence-corrected chi connectivity index (χ4v) is 4.53. The van der Waals surface area contributed by atoms with Crippen LogP contribution in [0.1, 0.15) is 27.9 Å². The van der Waals surface area contributed by atoms with Crippen molar-refractivity contribution in [2.45, 2.75) is 33.1 Å². The highest BCUT2D eigenvalue weighted by Gasteiger charge is 2.49. The average molecular weight is 513 g/mol. The van der Waals surface area contributed by atoms with Gasteiger partial charge in [-0.05, 0) is 57.2 Å². The average Bonchev–Trinajstić information content (AvgIpc) is 3.19. The lowest BCUT2D eigenvalue weighted by Gasteiger charge is -2.16. The van der Waals surface area contributed by atoms with Crippen molar-refractivity contribution < 1.29 is 26.3 Å². The highest BCUT2D eigenvalue weighted by molar-refractivity contribution is 6.12. The van der Waals surface area contributed by atoms with Crippen LogP contribution in [-0.2, 0) is 12.4 Å². The number of alkyl halides is 6. The van der Waals surface area contributed by atoms with Crippen LogP contribution in [-0.4, -0.2) is 9.55 Å². The van der Waals surface area contributed by atoms with Crippen molar-refractivity contribution in [3.8, 4) is 5.69 Å². The standard InChI is InChI=1S/C28H21F6N3/c1-15-4-9-18(10-5-15)35-26-22-23(27(29,30)31)25(28(32,33)34)37(19-11-6-16(2)7-12-19)24(22)20-14-17(3)8-13-21(20)36-26/h4-14H,1-3H3,(H,35,36). The Morgan fingerprint density at radius 2 is 1.27 bits per heavy atom. The Kier molecular flexibility index (Phi) is 5.69. The minimum absolute atomic E-state index is 0.0336. The molecule has 0 radical (unpaired) electrons. The summed E-state index contributed by atoms with van der Waals surface area (Å²) in [5.41, 5.74) is -0.805. The Labute approximate surface area is 208 Å². The molecule has 2 heterocycles. The van der Waals surface area contributed by atoms with E-state index in [1.165, 1.54) is 12.1 Å². The number of anilines is 2. The molecule has 9 heteroatoms. The molecule has 0 saturated heterocycles. The Morgan fingerprint density at radius 3 is 1.84 bits per heavy atom. The van der Waals surface area contributed by atoms with E-state index in [0.29, 0.717) is 15.8 Å². The molecule has 0 aliphatic heterocycles. The number of hydrogen-bond acceptors (Lipinski definition) is 2. The van der Waals surface area contributed by atoms with Gasteiger partial charge in [0.25, 0.3) is 0 Å². The van der Waals surface area contributed by atoms with Gasteiger partial charge in [0.2, 0.25) is 0 Å². The van der Waals surface area contributed by atoms with Crippen LogP contribution in [0.25, 0.3) is 27.5 Å². The monoisotopic (exact) mass is 513 g/mol. The Balaban J connectivity index is 2.02. The molecule has 0 atom stereocenters. The van der Waals surface area contributed by atoms with Crippen LogP contribution >= 0.6 is 0 Å². The summed E-state index contributed by atoms with van der Waals surface area (Å²) in [6, 6.07) is 17.5. The summed E-state index contributed by atoms with van der Waals surface area (Å²) in [7, 11) is 0. The molecule has 0 aliphatic rings. The van der Waals surface area contributed by atoms with E-state index in [1.807, 2.05) is 6.92 Å². The first-order valence-electron chi connectivity index (χ1n) is 11.4. The van der Waals surface area contributed by atoms with Crippen LogP contribution in [0.2, 0.25) is 0 Å². The molecule has 0 unspecified atom stereocenters. The SMILES string of the molecule is Cc1ccc(Nc2nc3ccc(C)cc3c3c2c(C(F)(F)F)c(C(F)(F)F)n3-c2ccc(C)cc2)cc1. The van der Waals surface area contributed by atoms with Gasteiger partial charge in [-0.1, -0.05) is 47.0 Å². The number of nitrogens with one attached hydrogen (secondary N) is 1. The summed E-state index contributed by atoms with van der Waals surface area (Å²) < 4.78 is 88.1. The summed E-state index contributed by atoms with van der Waals surface area (Å²) in [6.07, 6.45) is -10.6. The fraction of sp³-hybridized carbons (Fsp3) is 0.179. The van der Waals surface area contributed by atoms with E-state index in [1.54, 1.807) is 68.4 Å². The lowest BCUT2D eigenvalue weighted by molar-refractivity contribution is -0.164. The van der Waals surface area contributed by atoms with Gasteiger partial charge in [-0.25, -0.2) is 4.98 Å². The third-order valence-electron chi connectivity index (χ3n) is 6.21. The number of fused-ring (bicyclic) bond motifs is 3. The van der Waals surface area contributed by atoms with E-state index < -0.39 is 29.0 Å². The number of benzene rings is 3. The van der Waals surface area contributed by atoms with Crippen LogP contribution in [0.5, 0.6) is 0 Å². The van der Waals surface area contributed by atoms with E-state index in [4.69, 9.17) is 0 Å². The van der Waals surface area contributed by atoms with E-state index in [2.05, 4.69) is 10.3 Å². The molecule has 190 valence electrons. The predicted molar refractivity (Wildman–Crippen MR) is 133 cm³/mol. The lowest BCUT2D eigenvalue weighted by Crippen LogP contribution is -2.19. The van der Waals surface area contributed by atoms with Crippen LogP contribution < -0.4 is 5.32 Å². The largest absolute Gasteiger partial charge is 0.432 e. The lowest BCUT2D eigenvalue weighted by atomic mass is 10.1. The molecule has 0 fully saturated rings. The molecule has 2 aromatic heterocycles. The number of nitrogens with zero attached hydrogens (tertiary/aromatic N) is 2. The fourth-order valence-electron chi connectivity index (χ4n) is 4.53. The topological polar surface area (TPSA) is 29.9 Å². The van der Waals surface area contributed by atoms with Gasteiger partial charge in [-0.15, -0.1) is 0 Å². The van der Waals surface area contributed by atoms with Crippen LogP contribution in [0.15, 0.2) is 66.7 Å². The minimum Gasteiger partial charge on any atom is -0.340 e. The van der Waals surface area contributed by atoms with E-state index in [-0.39, 0.29) is 27.9 Å². The Bertz CT molecular complexity index is 1630. The van der Waals surface area contributed by atoms with Crippen molar-refractivity contribution >= 4 is 33.3 Å². The molecule has 0 aliphatic carbocycles. The van der Waals surface area contributed by atoms with Gasteiger partial charge in [0.1, 0.15) is 11.5 Å². The second-order valence-electron chi connectivity index (χ2n) is 9.09. The number of hydrogen-bond donors (Lipinski definition) is 1. The molecule has 3 nitrogen and oxygen atoms in total. The minimum atomic E-state index is -5.32. The number of halogens is 6. The summed E-state index contributed by atoms with van der Waals surface area (Å²) >= 11 is 0. The maximum absolute atomic E-state index is 14.6. The van der Waals surface area contributed by atoms with Gasteiger partial charge in [0, 0.05) is 16.8 Å². The second kappa shape index (κ2) is 8.54. The van der Waals surface area contributed by atoms with E-state index in [0.717, 1.165) is 11.1 Å². The van der Waals surface area contributed by atoms with E-state index >= 15 is 0 Å². The molecular formula is C28H21F6N3. The number of aryl methyl sites for hydroxylation is 3. The van der Waals surface area contributed by atoms with E-state index in [9.17, 15) is 26.3 Å². The maximum atomic E-state index is 14.6. The quantitative estimate of drug-likeness (QED) is 0.244. The summed E-state index contributed by atoms with van der Waals surface area (Å²) in [5.74, 6) is -0.307. The first kappa shape index (κ1) is 24.7. The van der Waals surface area contributed by atoms with Crippen molar-refractivity contribution in [3.63, 3.8) is 0 Å². The Hall–Kier alpha value is -4.01. The highest BCUT2D eigenvalue weighted by atomic mass is 19.4. The smallest absolute Gasteiger partial charge is 0.340 e. The molecular weight excluding hydrogens is 492 g/mol. The third-order valence-corrected chi connectivity index (χ3v) is 6.21. The molecule has 1 N–H and O–H groups in total. The van der Waals surface area contributed by atoms with Crippen molar-refractivity contribution in [2.75, 3.05) is 5.32 Å². The summed E-state index contributed by atoms with van der Waals surface area (Å²) in [4.78, 5) is 4.39. The van der Waals surface area contributed by atoms with Crippen LogP contribution in [0.4, 0.5) is 37.8 Å². The first-order chi connectivity index (χ1) is 17.3. The molecule has 3 aromatic carbocycles. The summed E-state index contributed by atoms with van der Waals surface area (Å²) in [6.45, 7) is 5.31. The third kappa shape index (κ3) is 4.39. The molecule has 0 spiro atoms. The van der Waals surface area contributed by atoms with Gasteiger partial charge in [0.05, 0.1) is 22.0 Å². The zero-order valence-corrected chi connectivity index (χ0v) is 20.0. The van der Waals surface area contributed by atoms with Crippen LogP contribution in [0.3, 0.4) is 0 Å². The maximum Gasteiger partial charge on any atom is 0.432 e. The van der Waals surface area contributed by atoms with Crippen molar-refractivity contribution in [2.24, 2.45) is 0 Å². The molecule has 0 bridgehead atoms. The van der Waals surface area contributed by atoms with Crippen molar-refractivity contribution in [1.29, 1.82) is 0 Å². The normalized spacial score (nSPS) is 12.5. The number of pyridine rings is 1. The van der Waals surface area contributed by atoms with Crippen molar-refractivity contribution in [3.05, 3.63) is 94.7 Å². The molecule has 37 heavy (non-hydrogen) atoms. The predicted octanol–water partition coefficient (Wildman–Crippen LogP) is 8.89. The highest BCUT2D eigenvalue weighted by Crippen LogP contribution is 2.50. The molecule has 0 saturated carbocycles. The molecule has 5 rings (SSSR count). The number of rotatable bonds is 3. The van der Waals surface area contributed by atoms with Gasteiger partial charge >= 0.3 is 12.4 Å². The molecule has 5 aromatic rings. The zero-order chi connectivity index (χ0) is 26.7. The first-order valence-corrected chi connectivity index (χ1v) is 11.4. The van der Waals surface area contributed by atoms with Crippen molar-refractivity contribution in [1.82, 2.24) is 9.55 Å². The van der Waals surface area contributed by atoms with Gasteiger partial charge in [0.15, 0.2) is 0 Å². The Morgan fingerprint density at radius 1 is 0.703 bits per heavy atom. The summed E-state index contributed by atoms with van der Waals surface area (Å²) in [5, 5.41) is 2.40. The zero-order valence-electron chi connectivity index (χ0n) is 20.0. The van der Waals surface area contributed by atoms with Gasteiger partial charge in [-0.3, -0.25) is 0 Å².